The lowest BCUT2D eigenvalue weighted by Gasteiger charge is -2.28. The summed E-state index contributed by atoms with van der Waals surface area (Å²) in [6.45, 7) is 5.17. The molecular formula is C23H31ClN2O3. The van der Waals surface area contributed by atoms with Gasteiger partial charge >= 0.3 is 0 Å². The van der Waals surface area contributed by atoms with Gasteiger partial charge in [-0.2, -0.15) is 0 Å². The molecule has 0 saturated heterocycles. The van der Waals surface area contributed by atoms with Crippen LogP contribution in [-0.2, 0) is 10.2 Å². The van der Waals surface area contributed by atoms with E-state index in [-0.39, 0.29) is 11.8 Å². The first kappa shape index (κ1) is 23.0. The van der Waals surface area contributed by atoms with Gasteiger partial charge in [-0.3, -0.25) is 4.79 Å². The van der Waals surface area contributed by atoms with Crippen molar-refractivity contribution < 1.29 is 14.3 Å². The summed E-state index contributed by atoms with van der Waals surface area (Å²) in [6.07, 6.45) is 0. The number of ether oxygens (including phenoxy) is 2. The zero-order valence-corrected chi connectivity index (χ0v) is 18.8. The Morgan fingerprint density at radius 1 is 1.07 bits per heavy atom. The molecule has 0 radical (unpaired) electrons. The van der Waals surface area contributed by atoms with E-state index in [4.69, 9.17) is 21.1 Å². The van der Waals surface area contributed by atoms with E-state index in [0.29, 0.717) is 23.1 Å². The smallest absolute Gasteiger partial charge is 0.230 e. The molecule has 29 heavy (non-hydrogen) atoms. The van der Waals surface area contributed by atoms with Gasteiger partial charge in [-0.05, 0) is 63.3 Å². The second kappa shape index (κ2) is 9.99. The molecule has 158 valence electrons. The molecule has 0 bridgehead atoms. The van der Waals surface area contributed by atoms with E-state index in [1.165, 1.54) is 0 Å². The summed E-state index contributed by atoms with van der Waals surface area (Å²) < 4.78 is 10.7. The van der Waals surface area contributed by atoms with Crippen LogP contribution < -0.4 is 14.8 Å². The largest absolute Gasteiger partial charge is 0.493 e. The summed E-state index contributed by atoms with van der Waals surface area (Å²) in [7, 11) is 7.24. The number of nitrogens with zero attached hydrogens (tertiary/aromatic N) is 1. The van der Waals surface area contributed by atoms with E-state index >= 15 is 0 Å². The molecule has 1 atom stereocenters. The lowest BCUT2D eigenvalue weighted by Crippen LogP contribution is -2.42. The third kappa shape index (κ3) is 5.87. The second-order valence-corrected chi connectivity index (χ2v) is 8.35. The molecule has 0 aliphatic heterocycles. The average Bonchev–Trinajstić information content (AvgIpc) is 2.70. The lowest BCUT2D eigenvalue weighted by molar-refractivity contribution is -0.125. The quantitative estimate of drug-likeness (QED) is 0.666. The van der Waals surface area contributed by atoms with Crippen LogP contribution in [0.5, 0.6) is 11.5 Å². The number of hydrogen-bond acceptors (Lipinski definition) is 4. The zero-order valence-electron chi connectivity index (χ0n) is 18.1. The molecule has 0 heterocycles. The molecule has 2 rings (SSSR count). The second-order valence-electron chi connectivity index (χ2n) is 7.92. The molecular weight excluding hydrogens is 388 g/mol. The number of methoxy groups -OCH3 is 2. The van der Waals surface area contributed by atoms with E-state index in [9.17, 15) is 4.79 Å². The minimum atomic E-state index is -0.720. The highest BCUT2D eigenvalue weighted by molar-refractivity contribution is 6.30. The van der Waals surface area contributed by atoms with Crippen LogP contribution in [0, 0.1) is 0 Å². The molecule has 0 aromatic heterocycles. The molecule has 1 unspecified atom stereocenters. The average molecular weight is 419 g/mol. The molecule has 0 saturated carbocycles. The Morgan fingerprint density at radius 3 is 2.24 bits per heavy atom. The Bertz CT molecular complexity index is 819. The summed E-state index contributed by atoms with van der Waals surface area (Å²) in [4.78, 5) is 15.2. The maximum absolute atomic E-state index is 13.1. The van der Waals surface area contributed by atoms with Crippen LogP contribution in [0.3, 0.4) is 0 Å². The number of benzene rings is 2. The van der Waals surface area contributed by atoms with Crippen molar-refractivity contribution in [1.82, 2.24) is 10.2 Å². The van der Waals surface area contributed by atoms with Gasteiger partial charge in [0.2, 0.25) is 5.91 Å². The highest BCUT2D eigenvalue weighted by Gasteiger charge is 2.31. The predicted molar refractivity (Wildman–Crippen MR) is 118 cm³/mol. The van der Waals surface area contributed by atoms with Crippen molar-refractivity contribution in [3.05, 3.63) is 58.6 Å². The number of nitrogens with one attached hydrogen (secondary N) is 1. The molecule has 0 aliphatic carbocycles. The Morgan fingerprint density at radius 2 is 1.69 bits per heavy atom. The first-order valence-corrected chi connectivity index (χ1v) is 9.97. The van der Waals surface area contributed by atoms with E-state index in [1.54, 1.807) is 14.2 Å². The minimum Gasteiger partial charge on any atom is -0.493 e. The zero-order chi connectivity index (χ0) is 21.6. The third-order valence-electron chi connectivity index (χ3n) is 5.11. The third-order valence-corrected chi connectivity index (χ3v) is 5.36. The van der Waals surface area contributed by atoms with Crippen molar-refractivity contribution in [2.45, 2.75) is 25.2 Å². The highest BCUT2D eigenvalue weighted by atomic mass is 35.5. The fraction of sp³-hybridized carbons (Fsp3) is 0.435. The molecule has 2 aromatic carbocycles. The Labute approximate surface area is 179 Å². The number of halogens is 1. The van der Waals surface area contributed by atoms with Crippen molar-refractivity contribution in [1.29, 1.82) is 0 Å². The number of hydrogen-bond donors (Lipinski definition) is 1. The van der Waals surface area contributed by atoms with Crippen molar-refractivity contribution in [3.8, 4) is 11.5 Å². The Hall–Kier alpha value is -2.24. The summed E-state index contributed by atoms with van der Waals surface area (Å²) in [5.41, 5.74) is 1.29. The fourth-order valence-electron chi connectivity index (χ4n) is 3.26. The molecule has 1 amide bonds. The summed E-state index contributed by atoms with van der Waals surface area (Å²) in [6, 6.07) is 13.4. The van der Waals surface area contributed by atoms with Gasteiger partial charge in [0.1, 0.15) is 0 Å². The van der Waals surface area contributed by atoms with E-state index in [0.717, 1.165) is 17.7 Å². The predicted octanol–water partition coefficient (Wildman–Crippen LogP) is 4.10. The van der Waals surface area contributed by atoms with Gasteiger partial charge in [-0.25, -0.2) is 0 Å². The first-order valence-electron chi connectivity index (χ1n) is 9.60. The molecule has 0 spiro atoms. The Kier molecular flexibility index (Phi) is 7.94. The molecule has 2 aromatic rings. The van der Waals surface area contributed by atoms with Crippen molar-refractivity contribution >= 4 is 17.5 Å². The van der Waals surface area contributed by atoms with Gasteiger partial charge in [-0.1, -0.05) is 29.8 Å². The van der Waals surface area contributed by atoms with Crippen LogP contribution in [0.25, 0.3) is 0 Å². The van der Waals surface area contributed by atoms with E-state index in [1.807, 2.05) is 70.4 Å². The maximum Gasteiger partial charge on any atom is 0.230 e. The number of amides is 1. The summed E-state index contributed by atoms with van der Waals surface area (Å²) in [5.74, 6) is 1.37. The number of carbonyl (C=O) groups excluding carboxylic acids is 1. The molecule has 0 fully saturated rings. The van der Waals surface area contributed by atoms with Gasteiger partial charge in [0.25, 0.3) is 0 Å². The molecule has 1 N–H and O–H groups in total. The first-order chi connectivity index (χ1) is 13.7. The summed E-state index contributed by atoms with van der Waals surface area (Å²) in [5, 5.41) is 3.84. The van der Waals surface area contributed by atoms with Crippen LogP contribution in [0.15, 0.2) is 42.5 Å². The number of carbonyl (C=O) groups is 1. The summed E-state index contributed by atoms with van der Waals surface area (Å²) >= 11 is 6.02. The van der Waals surface area contributed by atoms with Gasteiger partial charge in [0.05, 0.1) is 19.6 Å². The molecule has 0 aliphatic rings. The van der Waals surface area contributed by atoms with E-state index < -0.39 is 5.41 Å². The van der Waals surface area contributed by atoms with Gasteiger partial charge in [0.15, 0.2) is 11.5 Å². The standard InChI is InChI=1S/C23H31ClN2O3/c1-23(2,18-9-12-20(28-5)21(13-18)29-6)22(27)25-14-17(15-26(3)4)16-7-10-19(24)11-8-16/h7-13,17H,14-15H2,1-6H3,(H,25,27). The van der Waals surface area contributed by atoms with Gasteiger partial charge < -0.3 is 19.7 Å². The fourth-order valence-corrected chi connectivity index (χ4v) is 3.38. The normalized spacial score (nSPS) is 12.6. The minimum absolute atomic E-state index is 0.0394. The van der Waals surface area contributed by atoms with Crippen LogP contribution >= 0.6 is 11.6 Å². The SMILES string of the molecule is COc1ccc(C(C)(C)C(=O)NCC(CN(C)C)c2ccc(Cl)cc2)cc1OC. The molecule has 6 heteroatoms. The highest BCUT2D eigenvalue weighted by Crippen LogP contribution is 2.33. The Balaban J connectivity index is 2.16. The van der Waals surface area contributed by atoms with Gasteiger partial charge in [-0.15, -0.1) is 0 Å². The molecule has 5 nitrogen and oxygen atoms in total. The van der Waals surface area contributed by atoms with Crippen LogP contribution in [0.1, 0.15) is 30.9 Å². The van der Waals surface area contributed by atoms with Crippen LogP contribution in [0.4, 0.5) is 0 Å². The van der Waals surface area contributed by atoms with Gasteiger partial charge in [0, 0.05) is 24.0 Å². The van der Waals surface area contributed by atoms with Crippen molar-refractivity contribution in [3.63, 3.8) is 0 Å². The van der Waals surface area contributed by atoms with Crippen LogP contribution in [-0.4, -0.2) is 52.2 Å². The number of likely N-dealkylation sites (N-methyl/N-ethyl adjacent to an activating group) is 1. The number of rotatable bonds is 9. The topological polar surface area (TPSA) is 50.8 Å². The van der Waals surface area contributed by atoms with E-state index in [2.05, 4.69) is 10.2 Å². The maximum atomic E-state index is 13.1. The van der Waals surface area contributed by atoms with Crippen molar-refractivity contribution in [2.75, 3.05) is 41.4 Å². The lowest BCUT2D eigenvalue weighted by atomic mass is 9.83. The monoisotopic (exact) mass is 418 g/mol. The van der Waals surface area contributed by atoms with Crippen molar-refractivity contribution in [2.24, 2.45) is 0 Å². The van der Waals surface area contributed by atoms with Crippen LogP contribution in [0.2, 0.25) is 5.02 Å².